The van der Waals surface area contributed by atoms with Gasteiger partial charge in [0.2, 0.25) is 0 Å². The van der Waals surface area contributed by atoms with Gasteiger partial charge < -0.3 is 56.4 Å². The summed E-state index contributed by atoms with van der Waals surface area (Å²) in [5.74, 6) is -2.92. The van der Waals surface area contributed by atoms with Crippen LogP contribution >= 0.6 is 0 Å². The minimum atomic E-state index is -1.49. The van der Waals surface area contributed by atoms with Gasteiger partial charge in [0, 0.05) is 17.5 Å². The van der Waals surface area contributed by atoms with Gasteiger partial charge in [0.1, 0.15) is 36.8 Å². The molecule has 0 aliphatic rings. The Labute approximate surface area is 251 Å². The number of para-hydroxylation sites is 2. The van der Waals surface area contributed by atoms with Crippen LogP contribution in [0.15, 0.2) is 36.4 Å². The molecule has 0 amide bonds. The Morgan fingerprint density at radius 2 is 1.33 bits per heavy atom. The van der Waals surface area contributed by atoms with Crippen LogP contribution < -0.4 is 15.5 Å². The minimum absolute atomic E-state index is 0.137. The zero-order chi connectivity index (χ0) is 32.3. The third kappa shape index (κ3) is 8.21. The SMILES string of the molecule is CC(c1cccc(CO)c1O)[NH+](CC(=O)O)C(CO)C(CO)(CCCCN)[NH+](CC(=O)O)C(C)c1cccc(CO)c1O. The van der Waals surface area contributed by atoms with Gasteiger partial charge in [-0.25, -0.2) is 9.59 Å². The fourth-order valence-corrected chi connectivity index (χ4v) is 6.32. The number of aliphatic hydroxyl groups is 4. The standard InChI is InChI=1S/C30H45N3O10/c1-19(23-9-5-7-21(15-34)28(23)42)32(13-26(38)39)25(17-36)30(18-37,11-3-4-12-31)33(14-27(40)41)20(2)24-10-6-8-22(16-35)29(24)43/h5-10,19-20,25,34-37,42-43H,3-4,11-18,31H2,1-2H3,(H,38,39)(H,40,41)/p+2. The van der Waals surface area contributed by atoms with Gasteiger partial charge in [-0.15, -0.1) is 0 Å². The van der Waals surface area contributed by atoms with Crippen molar-refractivity contribution in [2.75, 3.05) is 32.8 Å². The Morgan fingerprint density at radius 1 is 0.814 bits per heavy atom. The fraction of sp³-hybridized carbons (Fsp3) is 0.533. The number of carboxylic acids is 2. The topological polar surface area (TPSA) is 231 Å². The third-order valence-electron chi connectivity index (χ3n) is 8.65. The van der Waals surface area contributed by atoms with Crippen LogP contribution in [0.1, 0.15) is 67.4 Å². The predicted octanol–water partition coefficient (Wildman–Crippen LogP) is -1.94. The molecule has 12 N–H and O–H groups in total. The number of benzene rings is 2. The van der Waals surface area contributed by atoms with Crippen molar-refractivity contribution in [3.05, 3.63) is 58.7 Å². The van der Waals surface area contributed by atoms with E-state index in [2.05, 4.69) is 0 Å². The first-order valence-electron chi connectivity index (χ1n) is 14.3. The van der Waals surface area contributed by atoms with Crippen molar-refractivity contribution in [2.45, 2.75) is 70.0 Å². The van der Waals surface area contributed by atoms with E-state index in [-0.39, 0.29) is 38.8 Å². The molecule has 0 radical (unpaired) electrons. The number of aromatic hydroxyl groups is 2. The summed E-state index contributed by atoms with van der Waals surface area (Å²) < 4.78 is 0. The maximum Gasteiger partial charge on any atom is 0.359 e. The number of carboxylic acid groups (broad SMARTS) is 2. The van der Waals surface area contributed by atoms with E-state index >= 15 is 0 Å². The van der Waals surface area contributed by atoms with Gasteiger partial charge in [0.15, 0.2) is 24.7 Å². The Morgan fingerprint density at radius 3 is 1.74 bits per heavy atom. The first kappa shape index (κ1) is 35.9. The third-order valence-corrected chi connectivity index (χ3v) is 8.65. The molecule has 0 aromatic heterocycles. The molecule has 0 fully saturated rings. The molecule has 6 unspecified atom stereocenters. The van der Waals surface area contributed by atoms with Crippen LogP contribution in [0.3, 0.4) is 0 Å². The molecular weight excluding hydrogens is 562 g/mol. The van der Waals surface area contributed by atoms with Crippen molar-refractivity contribution in [1.29, 1.82) is 0 Å². The maximum absolute atomic E-state index is 12.3. The highest BCUT2D eigenvalue weighted by molar-refractivity contribution is 5.68. The molecule has 0 bridgehead atoms. The molecule has 240 valence electrons. The summed E-state index contributed by atoms with van der Waals surface area (Å²) in [5.41, 5.74) is 5.32. The number of unbranched alkanes of at least 4 members (excludes halogenated alkanes) is 1. The number of phenols is 2. The number of hydrogen-bond acceptors (Lipinski definition) is 9. The van der Waals surface area contributed by atoms with E-state index in [4.69, 9.17) is 5.73 Å². The zero-order valence-corrected chi connectivity index (χ0v) is 24.7. The van der Waals surface area contributed by atoms with Crippen LogP contribution in [0.5, 0.6) is 11.5 Å². The molecule has 43 heavy (non-hydrogen) atoms. The minimum Gasteiger partial charge on any atom is -0.507 e. The molecule has 2 aromatic rings. The second-order valence-electron chi connectivity index (χ2n) is 11.0. The van der Waals surface area contributed by atoms with E-state index in [0.717, 1.165) is 0 Å². The van der Waals surface area contributed by atoms with Crippen molar-refractivity contribution in [1.82, 2.24) is 0 Å². The smallest absolute Gasteiger partial charge is 0.359 e. The highest BCUT2D eigenvalue weighted by Crippen LogP contribution is 2.30. The summed E-state index contributed by atoms with van der Waals surface area (Å²) in [6.07, 6.45) is 1.05. The largest absolute Gasteiger partial charge is 0.507 e. The van der Waals surface area contributed by atoms with E-state index in [9.17, 15) is 50.4 Å². The van der Waals surface area contributed by atoms with Gasteiger partial charge in [0.05, 0.1) is 24.3 Å². The van der Waals surface area contributed by atoms with Crippen molar-refractivity contribution in [2.24, 2.45) is 5.73 Å². The Kier molecular flexibility index (Phi) is 13.8. The molecular formula is C30H47N3O10+2. The molecule has 0 heterocycles. The Hall–Kier alpha value is -3.30. The number of hydrogen-bond donors (Lipinski definition) is 11. The average molecular weight is 610 g/mol. The van der Waals surface area contributed by atoms with Crippen LogP contribution in [0, 0.1) is 0 Å². The lowest BCUT2D eigenvalue weighted by molar-refractivity contribution is -1.04. The molecule has 6 atom stereocenters. The van der Waals surface area contributed by atoms with Crippen molar-refractivity contribution < 1.29 is 60.2 Å². The molecule has 2 rings (SSSR count). The summed E-state index contributed by atoms with van der Waals surface area (Å²) in [5, 5.41) is 83.5. The number of carbonyl (C=O) groups is 2. The molecule has 0 saturated heterocycles. The number of aliphatic carboxylic acids is 2. The Balaban J connectivity index is 2.86. The lowest BCUT2D eigenvalue weighted by atomic mass is 9.79. The molecule has 0 aliphatic heterocycles. The summed E-state index contributed by atoms with van der Waals surface area (Å²) in [7, 11) is 0. The molecule has 13 heteroatoms. The van der Waals surface area contributed by atoms with E-state index in [1.54, 1.807) is 38.1 Å². The van der Waals surface area contributed by atoms with E-state index < -0.39 is 75.1 Å². The number of aliphatic hydroxyl groups excluding tert-OH is 4. The second-order valence-corrected chi connectivity index (χ2v) is 11.0. The zero-order valence-electron chi connectivity index (χ0n) is 24.7. The number of quaternary nitrogens is 2. The van der Waals surface area contributed by atoms with Crippen LogP contribution in [-0.2, 0) is 22.8 Å². The molecule has 0 saturated carbocycles. The number of rotatable bonds is 19. The Bertz CT molecular complexity index is 1210. The van der Waals surface area contributed by atoms with E-state index in [1.807, 2.05) is 0 Å². The molecule has 13 nitrogen and oxygen atoms in total. The highest BCUT2D eigenvalue weighted by Gasteiger charge is 2.56. The van der Waals surface area contributed by atoms with E-state index in [1.165, 1.54) is 12.1 Å². The van der Waals surface area contributed by atoms with E-state index in [0.29, 0.717) is 30.5 Å². The summed E-state index contributed by atoms with van der Waals surface area (Å²) in [6, 6.07) is 6.70. The van der Waals surface area contributed by atoms with Gasteiger partial charge >= 0.3 is 11.9 Å². The summed E-state index contributed by atoms with van der Waals surface area (Å²) in [6.45, 7) is 0.239. The fourth-order valence-electron chi connectivity index (χ4n) is 6.32. The van der Waals surface area contributed by atoms with Crippen LogP contribution in [0.2, 0.25) is 0 Å². The lowest BCUT2D eigenvalue weighted by Gasteiger charge is -2.48. The quantitative estimate of drug-likeness (QED) is 0.0785. The second kappa shape index (κ2) is 16.5. The van der Waals surface area contributed by atoms with Gasteiger partial charge in [-0.1, -0.05) is 24.3 Å². The highest BCUT2D eigenvalue weighted by atomic mass is 16.4. The number of nitrogens with two attached hydrogens (primary N) is 1. The van der Waals surface area contributed by atoms with Gasteiger partial charge in [-0.3, -0.25) is 0 Å². The summed E-state index contributed by atoms with van der Waals surface area (Å²) in [4.78, 5) is 25.1. The van der Waals surface area contributed by atoms with Crippen LogP contribution in [-0.4, -0.2) is 97.2 Å². The molecule has 2 aromatic carbocycles. The average Bonchev–Trinajstić information content (AvgIpc) is 2.98. The first-order valence-corrected chi connectivity index (χ1v) is 14.3. The normalized spacial score (nSPS) is 16.5. The van der Waals surface area contributed by atoms with Gasteiger partial charge in [0.25, 0.3) is 0 Å². The molecule has 0 spiro atoms. The van der Waals surface area contributed by atoms with Gasteiger partial charge in [-0.2, -0.15) is 0 Å². The van der Waals surface area contributed by atoms with Crippen LogP contribution in [0.4, 0.5) is 0 Å². The summed E-state index contributed by atoms with van der Waals surface area (Å²) >= 11 is 0. The molecule has 0 aliphatic carbocycles. The maximum atomic E-state index is 12.3. The van der Waals surface area contributed by atoms with Gasteiger partial charge in [-0.05, 0) is 45.4 Å². The van der Waals surface area contributed by atoms with Crippen molar-refractivity contribution in [3.8, 4) is 11.5 Å². The van der Waals surface area contributed by atoms with Crippen molar-refractivity contribution >= 4 is 11.9 Å². The van der Waals surface area contributed by atoms with Crippen molar-refractivity contribution in [3.63, 3.8) is 0 Å². The van der Waals surface area contributed by atoms with Crippen LogP contribution in [0.25, 0.3) is 0 Å². The lowest BCUT2D eigenvalue weighted by Crippen LogP contribution is -3.31. The number of nitrogens with one attached hydrogen (secondary N) is 2. The first-order chi connectivity index (χ1) is 20.4. The monoisotopic (exact) mass is 609 g/mol. The predicted molar refractivity (Wildman–Crippen MR) is 155 cm³/mol.